The number of hydrogen-bond donors (Lipinski definition) is 1. The van der Waals surface area contributed by atoms with Gasteiger partial charge in [-0.1, -0.05) is 0 Å². The monoisotopic (exact) mass is 306 g/mol. The first-order valence-electron chi connectivity index (χ1n) is 8.50. The molecule has 3 rings (SSSR count). The van der Waals surface area contributed by atoms with E-state index in [1.807, 2.05) is 17.9 Å². The van der Waals surface area contributed by atoms with Gasteiger partial charge in [-0.3, -0.25) is 14.5 Å². The highest BCUT2D eigenvalue weighted by Crippen LogP contribution is 2.42. The van der Waals surface area contributed by atoms with Gasteiger partial charge >= 0.3 is 0 Å². The molecular formula is C17H30N4O. The molecule has 2 aliphatic rings. The van der Waals surface area contributed by atoms with E-state index in [9.17, 15) is 5.11 Å². The van der Waals surface area contributed by atoms with Crippen molar-refractivity contribution >= 4 is 0 Å². The first-order valence-corrected chi connectivity index (χ1v) is 8.50. The van der Waals surface area contributed by atoms with E-state index in [-0.39, 0.29) is 5.41 Å². The molecule has 2 aliphatic heterocycles. The Morgan fingerprint density at radius 2 is 2.18 bits per heavy atom. The Morgan fingerprint density at radius 3 is 2.77 bits per heavy atom. The van der Waals surface area contributed by atoms with E-state index in [4.69, 9.17) is 0 Å². The summed E-state index contributed by atoms with van der Waals surface area (Å²) in [6.45, 7) is 12.2. The summed E-state index contributed by atoms with van der Waals surface area (Å²) in [4.78, 5) is 5.06. The van der Waals surface area contributed by atoms with Crippen molar-refractivity contribution in [3.05, 3.63) is 17.5 Å². The van der Waals surface area contributed by atoms with Crippen LogP contribution < -0.4 is 0 Å². The number of aromatic nitrogens is 2. The molecule has 0 aliphatic carbocycles. The maximum atomic E-state index is 10.1. The van der Waals surface area contributed by atoms with Gasteiger partial charge in [-0.2, -0.15) is 5.10 Å². The van der Waals surface area contributed by atoms with E-state index in [2.05, 4.69) is 35.7 Å². The van der Waals surface area contributed by atoms with Gasteiger partial charge in [-0.05, 0) is 39.7 Å². The molecule has 0 unspecified atom stereocenters. The first-order chi connectivity index (χ1) is 10.4. The maximum Gasteiger partial charge on any atom is 0.0537 e. The molecule has 2 saturated heterocycles. The second kappa shape index (κ2) is 5.95. The average Bonchev–Trinajstić information content (AvgIpc) is 3.03. The fourth-order valence-corrected chi connectivity index (χ4v) is 4.21. The van der Waals surface area contributed by atoms with Gasteiger partial charge < -0.3 is 5.11 Å². The van der Waals surface area contributed by atoms with Crippen LogP contribution >= 0.6 is 0 Å². The summed E-state index contributed by atoms with van der Waals surface area (Å²) in [7, 11) is 2.00. The van der Waals surface area contributed by atoms with Crippen molar-refractivity contribution < 1.29 is 5.11 Å². The molecule has 5 nitrogen and oxygen atoms in total. The lowest BCUT2D eigenvalue weighted by Crippen LogP contribution is -2.50. The van der Waals surface area contributed by atoms with Crippen LogP contribution in [0, 0.1) is 18.3 Å². The van der Waals surface area contributed by atoms with Gasteiger partial charge in [0.2, 0.25) is 0 Å². The van der Waals surface area contributed by atoms with Crippen LogP contribution in [-0.4, -0.2) is 63.5 Å². The SMILES string of the molecule is Cc1c(CN2CC[C@H]3CN(C(C)C)C[C@@]3(CO)C2)cnn1C. The molecule has 0 bridgehead atoms. The minimum Gasteiger partial charge on any atom is -0.396 e. The lowest BCUT2D eigenvalue weighted by molar-refractivity contribution is 0.00685. The number of aliphatic hydroxyl groups is 1. The molecule has 0 amide bonds. The number of rotatable bonds is 4. The number of aryl methyl sites for hydroxylation is 1. The predicted molar refractivity (Wildman–Crippen MR) is 87.6 cm³/mol. The number of fused-ring (bicyclic) bond motifs is 1. The topological polar surface area (TPSA) is 44.5 Å². The normalized spacial score (nSPS) is 30.2. The Bertz CT molecular complexity index is 527. The van der Waals surface area contributed by atoms with Gasteiger partial charge in [0.05, 0.1) is 12.8 Å². The van der Waals surface area contributed by atoms with Crippen molar-refractivity contribution in [3.8, 4) is 0 Å². The number of piperidine rings is 1. The van der Waals surface area contributed by atoms with Gasteiger partial charge in [0.25, 0.3) is 0 Å². The zero-order valence-electron chi connectivity index (χ0n) is 14.4. The largest absolute Gasteiger partial charge is 0.396 e. The number of hydrogen-bond acceptors (Lipinski definition) is 4. The highest BCUT2D eigenvalue weighted by atomic mass is 16.3. The molecule has 1 aromatic rings. The van der Waals surface area contributed by atoms with Crippen molar-refractivity contribution in [2.24, 2.45) is 18.4 Å². The summed E-state index contributed by atoms with van der Waals surface area (Å²) in [5.74, 6) is 0.645. The van der Waals surface area contributed by atoms with Gasteiger partial charge in [0.15, 0.2) is 0 Å². The van der Waals surface area contributed by atoms with E-state index < -0.39 is 0 Å². The van der Waals surface area contributed by atoms with E-state index in [1.54, 1.807) is 0 Å². The van der Waals surface area contributed by atoms with Crippen molar-refractivity contribution in [2.75, 3.05) is 32.8 Å². The van der Waals surface area contributed by atoms with Crippen LogP contribution in [0.1, 0.15) is 31.5 Å². The number of aliphatic hydroxyl groups excluding tert-OH is 1. The van der Waals surface area contributed by atoms with Crippen LogP contribution in [0.3, 0.4) is 0 Å². The zero-order chi connectivity index (χ0) is 15.9. The Balaban J connectivity index is 1.72. The predicted octanol–water partition coefficient (Wildman–Crippen LogP) is 1.25. The molecule has 5 heteroatoms. The summed E-state index contributed by atoms with van der Waals surface area (Å²) in [6, 6.07) is 0.572. The molecule has 0 spiro atoms. The van der Waals surface area contributed by atoms with Crippen molar-refractivity contribution in [3.63, 3.8) is 0 Å². The van der Waals surface area contributed by atoms with Gasteiger partial charge in [-0.25, -0.2) is 0 Å². The molecule has 2 atom stereocenters. The fourth-order valence-electron chi connectivity index (χ4n) is 4.21. The summed E-state index contributed by atoms with van der Waals surface area (Å²) >= 11 is 0. The summed E-state index contributed by atoms with van der Waals surface area (Å²) < 4.78 is 1.94. The smallest absolute Gasteiger partial charge is 0.0537 e. The van der Waals surface area contributed by atoms with Gasteiger partial charge in [0.1, 0.15) is 0 Å². The van der Waals surface area contributed by atoms with Crippen LogP contribution in [-0.2, 0) is 13.6 Å². The first kappa shape index (κ1) is 16.0. The Kier molecular flexibility index (Phi) is 4.32. The lowest BCUT2D eigenvalue weighted by atomic mass is 9.74. The molecule has 22 heavy (non-hydrogen) atoms. The van der Waals surface area contributed by atoms with E-state index in [1.165, 1.54) is 17.7 Å². The van der Waals surface area contributed by atoms with Crippen LogP contribution in [0.15, 0.2) is 6.20 Å². The van der Waals surface area contributed by atoms with E-state index in [0.717, 1.165) is 32.7 Å². The Hall–Kier alpha value is -0.910. The van der Waals surface area contributed by atoms with Crippen molar-refractivity contribution in [2.45, 2.75) is 39.8 Å². The second-order valence-electron chi connectivity index (χ2n) is 7.62. The number of likely N-dealkylation sites (tertiary alicyclic amines) is 2. The maximum absolute atomic E-state index is 10.1. The van der Waals surface area contributed by atoms with E-state index >= 15 is 0 Å². The molecule has 2 fully saturated rings. The molecule has 0 aromatic carbocycles. The minimum absolute atomic E-state index is 0.0681. The van der Waals surface area contributed by atoms with Crippen molar-refractivity contribution in [1.82, 2.24) is 19.6 Å². The quantitative estimate of drug-likeness (QED) is 0.909. The van der Waals surface area contributed by atoms with Crippen molar-refractivity contribution in [1.29, 1.82) is 0 Å². The highest BCUT2D eigenvalue weighted by Gasteiger charge is 2.49. The van der Waals surface area contributed by atoms with Gasteiger partial charge in [0, 0.05) is 55.9 Å². The third-order valence-electron chi connectivity index (χ3n) is 5.95. The van der Waals surface area contributed by atoms with Gasteiger partial charge in [-0.15, -0.1) is 0 Å². The number of nitrogens with zero attached hydrogens (tertiary/aromatic N) is 4. The molecule has 0 radical (unpaired) electrons. The zero-order valence-corrected chi connectivity index (χ0v) is 14.4. The lowest BCUT2D eigenvalue weighted by Gasteiger charge is -2.43. The standard InChI is InChI=1S/C17H30N4O/c1-13(2)21-9-16-5-6-20(10-17(16,11-21)12-22)8-15-7-18-19(4)14(15)3/h7,13,16,22H,5-6,8-12H2,1-4H3/t16-,17+/m0/s1. The third kappa shape index (κ3) is 2.70. The third-order valence-corrected chi connectivity index (χ3v) is 5.95. The molecule has 1 N–H and O–H groups in total. The van der Waals surface area contributed by atoms with Crippen LogP contribution in [0.25, 0.3) is 0 Å². The Labute approximate surface area is 133 Å². The van der Waals surface area contributed by atoms with Crippen LogP contribution in [0.4, 0.5) is 0 Å². The molecule has 124 valence electrons. The molecule has 1 aromatic heterocycles. The van der Waals surface area contributed by atoms with E-state index in [0.29, 0.717) is 18.6 Å². The summed E-state index contributed by atoms with van der Waals surface area (Å²) in [6.07, 6.45) is 3.19. The Morgan fingerprint density at radius 1 is 1.41 bits per heavy atom. The van der Waals surface area contributed by atoms with Crippen LogP contribution in [0.2, 0.25) is 0 Å². The highest BCUT2D eigenvalue weighted by molar-refractivity contribution is 5.16. The fraction of sp³-hybridized carbons (Fsp3) is 0.824. The summed E-state index contributed by atoms with van der Waals surface area (Å²) in [5, 5.41) is 14.5. The molecule has 3 heterocycles. The second-order valence-corrected chi connectivity index (χ2v) is 7.62. The molecular weight excluding hydrogens is 276 g/mol. The molecule has 0 saturated carbocycles. The minimum atomic E-state index is 0.0681. The van der Waals surface area contributed by atoms with Crippen LogP contribution in [0.5, 0.6) is 0 Å². The average molecular weight is 306 g/mol. The summed E-state index contributed by atoms with van der Waals surface area (Å²) in [5.41, 5.74) is 2.63.